The Balaban J connectivity index is 2.63. The molecule has 38 valence electrons. The predicted octanol–water partition coefficient (Wildman–Crippen LogP) is 0.477. The van der Waals surface area contributed by atoms with Crippen molar-refractivity contribution in [1.29, 1.82) is 0 Å². The van der Waals surface area contributed by atoms with E-state index in [4.69, 9.17) is 10.4 Å². The lowest BCUT2D eigenvalue weighted by atomic mass is 10.5. The number of rotatable bonds is 2. The molecule has 2 N–H and O–H groups in total. The van der Waals surface area contributed by atoms with E-state index in [1.54, 1.807) is 0 Å². The molecule has 0 heterocycles. The number of hydrogen-bond donors (Lipinski definition) is 2. The molecule has 0 radical (unpaired) electrons. The van der Waals surface area contributed by atoms with Crippen molar-refractivity contribution in [2.45, 2.75) is 13.3 Å². The minimum atomic E-state index is 0.181. The molecule has 0 aromatic rings. The largest absolute Gasteiger partial charge is 0.290 e. The molecule has 0 spiro atoms. The molecule has 0 aromatic carbocycles. The minimum Gasteiger partial charge on any atom is -0.290 e. The normalized spacial score (nSPS) is 10.0. The van der Waals surface area contributed by atoms with Gasteiger partial charge in [0.2, 0.25) is 0 Å². The van der Waals surface area contributed by atoms with Crippen molar-refractivity contribution in [3.63, 3.8) is 0 Å². The molecule has 0 aromatic heterocycles. The van der Waals surface area contributed by atoms with E-state index in [1.807, 2.05) is 6.92 Å². The Morgan fingerprint density at radius 3 is 2.00 bits per heavy atom. The molecule has 6 heavy (non-hydrogen) atoms. The summed E-state index contributed by atoms with van der Waals surface area (Å²) in [5.41, 5.74) is 0. The molecule has 0 rings (SSSR count). The fraction of sp³-hybridized carbons (Fsp3) is 1.00. The van der Waals surface area contributed by atoms with Gasteiger partial charge in [-0.15, -0.1) is 0 Å². The Morgan fingerprint density at radius 1 is 1.50 bits per heavy atom. The van der Waals surface area contributed by atoms with Gasteiger partial charge in [-0.1, -0.05) is 12.2 Å². The molecular weight excluding hydrogens is 82.0 g/mol. The fourth-order valence-electron chi connectivity index (χ4n) is 0.200. The molecule has 0 saturated heterocycles. The van der Waals surface area contributed by atoms with Gasteiger partial charge in [0.05, 0.1) is 6.54 Å². The van der Waals surface area contributed by atoms with Crippen molar-refractivity contribution in [3.05, 3.63) is 0 Å². The van der Waals surface area contributed by atoms with Gasteiger partial charge < -0.3 is 0 Å². The second kappa shape index (κ2) is 3.08. The molecule has 0 fully saturated rings. The topological polar surface area (TPSA) is 43.7 Å². The van der Waals surface area contributed by atoms with E-state index >= 15 is 0 Å². The SMILES string of the molecule is CCCN(O)O. The summed E-state index contributed by atoms with van der Waals surface area (Å²) in [6, 6.07) is 0. The van der Waals surface area contributed by atoms with Crippen LogP contribution in [0.5, 0.6) is 0 Å². The van der Waals surface area contributed by atoms with E-state index in [0.29, 0.717) is 6.54 Å². The summed E-state index contributed by atoms with van der Waals surface area (Å²) in [7, 11) is 0. The Morgan fingerprint density at radius 2 is 2.00 bits per heavy atom. The summed E-state index contributed by atoms with van der Waals surface area (Å²) in [4.78, 5) is 0. The van der Waals surface area contributed by atoms with Crippen LogP contribution < -0.4 is 0 Å². The second-order valence-electron chi connectivity index (χ2n) is 1.10. The van der Waals surface area contributed by atoms with Crippen molar-refractivity contribution in [2.75, 3.05) is 6.54 Å². The van der Waals surface area contributed by atoms with Crippen LogP contribution in [0.3, 0.4) is 0 Å². The standard InChI is InChI=1S/C3H9NO2/c1-2-3-4(5)6/h5-6H,2-3H2,1H3. The van der Waals surface area contributed by atoms with Gasteiger partial charge in [-0.3, -0.25) is 10.4 Å². The van der Waals surface area contributed by atoms with Gasteiger partial charge in [0, 0.05) is 0 Å². The maximum absolute atomic E-state index is 7.94. The van der Waals surface area contributed by atoms with Crippen molar-refractivity contribution in [3.8, 4) is 0 Å². The molecule has 0 bridgehead atoms. The zero-order chi connectivity index (χ0) is 4.99. The van der Waals surface area contributed by atoms with Crippen LogP contribution in [-0.4, -0.2) is 22.2 Å². The molecule has 3 heteroatoms. The van der Waals surface area contributed by atoms with Gasteiger partial charge in [0.15, 0.2) is 0 Å². The fourth-order valence-corrected chi connectivity index (χ4v) is 0.200. The van der Waals surface area contributed by atoms with E-state index in [2.05, 4.69) is 0 Å². The van der Waals surface area contributed by atoms with Crippen molar-refractivity contribution < 1.29 is 10.4 Å². The second-order valence-corrected chi connectivity index (χ2v) is 1.10. The summed E-state index contributed by atoms with van der Waals surface area (Å²) in [5.74, 6) is 0. The minimum absolute atomic E-state index is 0.181. The van der Waals surface area contributed by atoms with Crippen LogP contribution in [-0.2, 0) is 0 Å². The molecule has 0 unspecified atom stereocenters. The van der Waals surface area contributed by atoms with Crippen LogP contribution in [0, 0.1) is 0 Å². The third kappa shape index (κ3) is 3.88. The number of nitrogens with zero attached hydrogens (tertiary/aromatic N) is 1. The van der Waals surface area contributed by atoms with Crippen LogP contribution in [0.15, 0.2) is 0 Å². The Labute approximate surface area is 36.7 Å². The van der Waals surface area contributed by atoms with Gasteiger partial charge in [-0.25, -0.2) is 0 Å². The van der Waals surface area contributed by atoms with Crippen molar-refractivity contribution >= 4 is 0 Å². The molecule has 0 atom stereocenters. The molecule has 3 nitrogen and oxygen atoms in total. The van der Waals surface area contributed by atoms with E-state index in [1.165, 1.54) is 0 Å². The van der Waals surface area contributed by atoms with E-state index in [9.17, 15) is 0 Å². The maximum Gasteiger partial charge on any atom is 0.0510 e. The molecule has 0 aliphatic heterocycles. The Hall–Kier alpha value is -0.120. The van der Waals surface area contributed by atoms with Crippen molar-refractivity contribution in [2.24, 2.45) is 0 Å². The highest BCUT2D eigenvalue weighted by Gasteiger charge is 1.84. The lowest BCUT2D eigenvalue weighted by Crippen LogP contribution is -2.13. The first-order valence-electron chi connectivity index (χ1n) is 1.92. The Kier molecular flexibility index (Phi) is 3.02. The summed E-state index contributed by atoms with van der Waals surface area (Å²) in [6.07, 6.45) is 0.757. The quantitative estimate of drug-likeness (QED) is 0.486. The zero-order valence-corrected chi connectivity index (χ0v) is 3.76. The van der Waals surface area contributed by atoms with Crippen molar-refractivity contribution in [1.82, 2.24) is 5.23 Å². The van der Waals surface area contributed by atoms with Crippen LogP contribution in [0.2, 0.25) is 0 Å². The van der Waals surface area contributed by atoms with Crippen LogP contribution >= 0.6 is 0 Å². The van der Waals surface area contributed by atoms with Gasteiger partial charge in [0.25, 0.3) is 0 Å². The van der Waals surface area contributed by atoms with Gasteiger partial charge >= 0.3 is 0 Å². The lowest BCUT2D eigenvalue weighted by Gasteiger charge is -1.99. The number of hydroxylamine groups is 2. The Bertz CT molecular complexity index is 30.0. The number of hydrogen-bond acceptors (Lipinski definition) is 3. The average molecular weight is 91.1 g/mol. The van der Waals surface area contributed by atoms with Crippen LogP contribution in [0.1, 0.15) is 13.3 Å². The van der Waals surface area contributed by atoms with E-state index in [0.717, 1.165) is 6.42 Å². The molecular formula is C3H9NO2. The van der Waals surface area contributed by atoms with Gasteiger partial charge in [0.1, 0.15) is 0 Å². The predicted molar refractivity (Wildman–Crippen MR) is 20.6 cm³/mol. The highest BCUT2D eigenvalue weighted by Crippen LogP contribution is 1.75. The third-order valence-electron chi connectivity index (χ3n) is 0.424. The monoisotopic (exact) mass is 91.1 g/mol. The first-order valence-corrected chi connectivity index (χ1v) is 1.92. The lowest BCUT2D eigenvalue weighted by molar-refractivity contribution is -0.306. The average Bonchev–Trinajstić information content (AvgIpc) is 1.35. The zero-order valence-electron chi connectivity index (χ0n) is 3.76. The summed E-state index contributed by atoms with van der Waals surface area (Å²) in [5, 5.41) is 16.1. The maximum atomic E-state index is 7.94. The summed E-state index contributed by atoms with van der Waals surface area (Å²) in [6.45, 7) is 2.18. The molecule has 0 amide bonds. The highest BCUT2D eigenvalue weighted by molar-refractivity contribution is 4.21. The van der Waals surface area contributed by atoms with E-state index < -0.39 is 0 Å². The highest BCUT2D eigenvalue weighted by atomic mass is 16.8. The van der Waals surface area contributed by atoms with Gasteiger partial charge in [-0.05, 0) is 6.42 Å². The molecule has 0 saturated carbocycles. The van der Waals surface area contributed by atoms with Crippen LogP contribution in [0.25, 0.3) is 0 Å². The first-order chi connectivity index (χ1) is 2.77. The molecule has 0 aliphatic rings. The van der Waals surface area contributed by atoms with Crippen LogP contribution in [0.4, 0.5) is 0 Å². The smallest absolute Gasteiger partial charge is 0.0510 e. The molecule has 0 aliphatic carbocycles. The summed E-state index contributed by atoms with van der Waals surface area (Å²) >= 11 is 0. The first kappa shape index (κ1) is 5.88. The van der Waals surface area contributed by atoms with E-state index in [-0.39, 0.29) is 5.23 Å². The third-order valence-corrected chi connectivity index (χ3v) is 0.424. The summed E-state index contributed by atoms with van der Waals surface area (Å²) < 4.78 is 0. The van der Waals surface area contributed by atoms with Gasteiger partial charge in [-0.2, -0.15) is 0 Å².